The summed E-state index contributed by atoms with van der Waals surface area (Å²) in [6, 6.07) is 11.7. The lowest BCUT2D eigenvalue weighted by molar-refractivity contribution is 0.0372. The van der Waals surface area contributed by atoms with Crippen LogP contribution < -0.4 is 5.32 Å². The zero-order chi connectivity index (χ0) is 19.6. The van der Waals surface area contributed by atoms with Crippen LogP contribution in [0, 0.1) is 5.92 Å². The highest BCUT2D eigenvalue weighted by atomic mass is 16.5. The lowest BCUT2D eigenvalue weighted by Gasteiger charge is -2.48. The number of nitrogens with zero attached hydrogens (tertiary/aromatic N) is 3. The molecule has 5 nitrogen and oxygen atoms in total. The van der Waals surface area contributed by atoms with E-state index in [1.54, 1.807) is 7.11 Å². The third-order valence-corrected chi connectivity index (χ3v) is 6.23. The number of fused-ring (bicyclic) bond motifs is 1. The summed E-state index contributed by atoms with van der Waals surface area (Å²) in [6.45, 7) is 6.45. The molecule has 3 rings (SSSR count). The molecule has 2 heterocycles. The van der Waals surface area contributed by atoms with Crippen LogP contribution >= 0.6 is 0 Å². The summed E-state index contributed by atoms with van der Waals surface area (Å²) in [5.41, 5.74) is 1.44. The summed E-state index contributed by atoms with van der Waals surface area (Å²) >= 11 is 0. The maximum atomic E-state index is 5.13. The Balaban J connectivity index is 1.48. The van der Waals surface area contributed by atoms with Crippen LogP contribution in [0.5, 0.6) is 0 Å². The normalized spacial score (nSPS) is 23.5. The third-order valence-electron chi connectivity index (χ3n) is 6.23. The predicted octanol–water partition coefficient (Wildman–Crippen LogP) is 3.37. The Hall–Kier alpha value is -1.59. The molecule has 1 aromatic carbocycles. The number of aliphatic imine (C=N–C) groups is 1. The van der Waals surface area contributed by atoms with Crippen LogP contribution in [0.2, 0.25) is 0 Å². The molecule has 2 unspecified atom stereocenters. The Morgan fingerprint density at radius 3 is 2.79 bits per heavy atom. The van der Waals surface area contributed by atoms with E-state index in [2.05, 4.69) is 50.4 Å². The molecule has 1 aromatic rings. The van der Waals surface area contributed by atoms with E-state index in [1.165, 1.54) is 44.2 Å². The number of hydrogen-bond donors (Lipinski definition) is 1. The number of piperidine rings is 2. The van der Waals surface area contributed by atoms with E-state index in [1.807, 2.05) is 7.05 Å². The van der Waals surface area contributed by atoms with Crippen LogP contribution in [0.15, 0.2) is 35.3 Å². The van der Waals surface area contributed by atoms with Crippen molar-refractivity contribution in [1.29, 1.82) is 0 Å². The van der Waals surface area contributed by atoms with Gasteiger partial charge in [0.15, 0.2) is 5.96 Å². The molecule has 2 saturated heterocycles. The molecule has 5 heteroatoms. The van der Waals surface area contributed by atoms with Crippen molar-refractivity contribution in [2.75, 3.05) is 46.9 Å². The van der Waals surface area contributed by atoms with Gasteiger partial charge in [-0.2, -0.15) is 0 Å². The molecule has 0 radical (unpaired) electrons. The van der Waals surface area contributed by atoms with Crippen molar-refractivity contribution in [2.45, 2.75) is 51.1 Å². The lowest BCUT2D eigenvalue weighted by Crippen LogP contribution is -2.56. The first-order chi connectivity index (χ1) is 13.8. The lowest BCUT2D eigenvalue weighted by atomic mass is 9.83. The minimum atomic E-state index is 0.720. The number of methoxy groups -OCH3 is 1. The zero-order valence-corrected chi connectivity index (χ0v) is 17.8. The second-order valence-electron chi connectivity index (χ2n) is 8.19. The van der Waals surface area contributed by atoms with Gasteiger partial charge in [0.05, 0.1) is 0 Å². The highest BCUT2D eigenvalue weighted by Gasteiger charge is 2.36. The molecule has 2 aliphatic rings. The van der Waals surface area contributed by atoms with Gasteiger partial charge in [-0.05, 0) is 56.6 Å². The molecule has 156 valence electrons. The van der Waals surface area contributed by atoms with Crippen molar-refractivity contribution < 1.29 is 4.74 Å². The molecule has 2 fully saturated rings. The Morgan fingerprint density at radius 2 is 2.00 bits per heavy atom. The molecule has 0 spiro atoms. The van der Waals surface area contributed by atoms with E-state index in [0.717, 1.165) is 57.1 Å². The highest BCUT2D eigenvalue weighted by Crippen LogP contribution is 2.31. The highest BCUT2D eigenvalue weighted by molar-refractivity contribution is 5.80. The van der Waals surface area contributed by atoms with Gasteiger partial charge in [-0.1, -0.05) is 30.3 Å². The van der Waals surface area contributed by atoms with E-state index in [-0.39, 0.29) is 0 Å². The van der Waals surface area contributed by atoms with Gasteiger partial charge in [-0.3, -0.25) is 9.89 Å². The summed E-state index contributed by atoms with van der Waals surface area (Å²) < 4.78 is 5.13. The quantitative estimate of drug-likeness (QED) is 0.422. The molecule has 0 amide bonds. The number of ether oxygens (including phenoxy) is 1. The van der Waals surface area contributed by atoms with Gasteiger partial charge < -0.3 is 15.0 Å². The number of hydrogen-bond acceptors (Lipinski definition) is 3. The summed E-state index contributed by atoms with van der Waals surface area (Å²) in [7, 11) is 3.69. The SMILES string of the molecule is CN=C(NCCCCCOC)N1CCC2C(CCCN2Cc2ccccc2)C1. The van der Waals surface area contributed by atoms with Crippen molar-refractivity contribution >= 4 is 5.96 Å². The fraction of sp³-hybridized carbons (Fsp3) is 0.696. The molecule has 2 aliphatic heterocycles. The Labute approximate surface area is 171 Å². The summed E-state index contributed by atoms with van der Waals surface area (Å²) in [4.78, 5) is 9.78. The maximum absolute atomic E-state index is 5.13. The molecule has 0 saturated carbocycles. The molecule has 2 atom stereocenters. The van der Waals surface area contributed by atoms with Gasteiger partial charge in [0.25, 0.3) is 0 Å². The first kappa shape index (κ1) is 21.1. The van der Waals surface area contributed by atoms with Crippen LogP contribution in [0.3, 0.4) is 0 Å². The standard InChI is InChI=1S/C23H38N4O/c1-24-23(25-14-7-4-8-17-28-2)27-16-13-22-21(19-27)12-9-15-26(22)18-20-10-5-3-6-11-20/h3,5-6,10-11,21-22H,4,7-9,12-19H2,1-2H3,(H,24,25). The van der Waals surface area contributed by atoms with Crippen molar-refractivity contribution in [1.82, 2.24) is 15.1 Å². The van der Waals surface area contributed by atoms with Crippen molar-refractivity contribution in [2.24, 2.45) is 10.9 Å². The van der Waals surface area contributed by atoms with Gasteiger partial charge in [0.1, 0.15) is 0 Å². The third kappa shape index (κ3) is 5.95. The van der Waals surface area contributed by atoms with E-state index in [0.29, 0.717) is 0 Å². The van der Waals surface area contributed by atoms with Crippen LogP contribution in [-0.2, 0) is 11.3 Å². The summed E-state index contributed by atoms with van der Waals surface area (Å²) in [6.07, 6.45) is 7.42. The Morgan fingerprint density at radius 1 is 1.14 bits per heavy atom. The van der Waals surface area contributed by atoms with Crippen LogP contribution in [0.4, 0.5) is 0 Å². The van der Waals surface area contributed by atoms with Crippen LogP contribution in [0.1, 0.15) is 44.1 Å². The molecule has 0 aromatic heterocycles. The Bertz CT molecular complexity index is 592. The fourth-order valence-electron chi connectivity index (χ4n) is 4.79. The number of likely N-dealkylation sites (tertiary alicyclic amines) is 2. The molecule has 1 N–H and O–H groups in total. The van der Waals surface area contributed by atoms with Gasteiger partial charge in [-0.25, -0.2) is 0 Å². The van der Waals surface area contributed by atoms with Gasteiger partial charge in [0.2, 0.25) is 0 Å². The van der Waals surface area contributed by atoms with Crippen molar-refractivity contribution in [3.05, 3.63) is 35.9 Å². The molecule has 0 bridgehead atoms. The second kappa shape index (κ2) is 11.4. The van der Waals surface area contributed by atoms with Crippen LogP contribution in [0.25, 0.3) is 0 Å². The van der Waals surface area contributed by atoms with E-state index >= 15 is 0 Å². The number of nitrogens with one attached hydrogen (secondary N) is 1. The molecular formula is C23H38N4O. The van der Waals surface area contributed by atoms with E-state index < -0.39 is 0 Å². The molecular weight excluding hydrogens is 348 g/mol. The van der Waals surface area contributed by atoms with Crippen LogP contribution in [-0.4, -0.2) is 68.7 Å². The molecule has 0 aliphatic carbocycles. The first-order valence-corrected chi connectivity index (χ1v) is 11.0. The predicted molar refractivity (Wildman–Crippen MR) is 117 cm³/mol. The minimum absolute atomic E-state index is 0.720. The Kier molecular flexibility index (Phi) is 8.62. The monoisotopic (exact) mass is 386 g/mol. The zero-order valence-electron chi connectivity index (χ0n) is 17.8. The first-order valence-electron chi connectivity index (χ1n) is 11.0. The largest absolute Gasteiger partial charge is 0.385 e. The topological polar surface area (TPSA) is 40.1 Å². The second-order valence-corrected chi connectivity index (χ2v) is 8.19. The minimum Gasteiger partial charge on any atom is -0.385 e. The van der Waals surface area contributed by atoms with Crippen molar-refractivity contribution in [3.63, 3.8) is 0 Å². The number of unbranched alkanes of at least 4 members (excludes halogenated alkanes) is 2. The van der Waals surface area contributed by atoms with Gasteiger partial charge in [0, 0.05) is 53.0 Å². The summed E-state index contributed by atoms with van der Waals surface area (Å²) in [5, 5.41) is 3.58. The molecule has 28 heavy (non-hydrogen) atoms. The number of rotatable bonds is 8. The average molecular weight is 387 g/mol. The van der Waals surface area contributed by atoms with Gasteiger partial charge in [-0.15, -0.1) is 0 Å². The summed E-state index contributed by atoms with van der Waals surface area (Å²) in [5.74, 6) is 1.84. The van der Waals surface area contributed by atoms with Crippen molar-refractivity contribution in [3.8, 4) is 0 Å². The number of guanidine groups is 1. The average Bonchev–Trinajstić information content (AvgIpc) is 2.74. The fourth-order valence-corrected chi connectivity index (χ4v) is 4.79. The number of benzene rings is 1. The van der Waals surface area contributed by atoms with E-state index in [4.69, 9.17) is 4.74 Å². The van der Waals surface area contributed by atoms with Gasteiger partial charge >= 0.3 is 0 Å². The van der Waals surface area contributed by atoms with E-state index in [9.17, 15) is 0 Å². The smallest absolute Gasteiger partial charge is 0.193 e. The maximum Gasteiger partial charge on any atom is 0.193 e.